The quantitative estimate of drug-likeness (QED) is 0.624. The first kappa shape index (κ1) is 16.8. The second kappa shape index (κ2) is 5.92. The molecular formula is C13H8BrF3N4O2. The third-order valence-corrected chi connectivity index (χ3v) is 3.31. The zero-order valence-electron chi connectivity index (χ0n) is 11.4. The number of nitrogens with zero attached hydrogens (tertiary/aromatic N) is 3. The van der Waals surface area contributed by atoms with E-state index in [0.717, 1.165) is 0 Å². The highest BCUT2D eigenvalue weighted by atomic mass is 79.9. The summed E-state index contributed by atoms with van der Waals surface area (Å²) in [6.45, 7) is 0. The number of nitriles is 1. The predicted molar refractivity (Wildman–Crippen MR) is 77.5 cm³/mol. The summed E-state index contributed by atoms with van der Waals surface area (Å²) in [4.78, 5) is 7.31. The summed E-state index contributed by atoms with van der Waals surface area (Å²) < 4.78 is 41.2. The third-order valence-electron chi connectivity index (χ3n) is 2.95. The number of aryl methyl sites for hydroxylation is 1. The van der Waals surface area contributed by atoms with Gasteiger partial charge in [0.1, 0.15) is 17.4 Å². The number of aromatic nitrogens is 2. The van der Waals surface area contributed by atoms with Crippen molar-refractivity contribution in [2.24, 2.45) is 7.05 Å². The molecule has 0 spiro atoms. The van der Waals surface area contributed by atoms with Crippen LogP contribution in [-0.2, 0) is 11.8 Å². The van der Waals surface area contributed by atoms with Crippen LogP contribution in [0.5, 0.6) is 5.75 Å². The summed E-state index contributed by atoms with van der Waals surface area (Å²) in [6.07, 6.45) is 1.36. The summed E-state index contributed by atoms with van der Waals surface area (Å²) in [5.74, 6) is -3.63. The van der Waals surface area contributed by atoms with Crippen molar-refractivity contribution >= 4 is 27.5 Å². The molecule has 2 rings (SSSR count). The number of hydrogen-bond donors (Lipinski definition) is 2. The Kier molecular flexibility index (Phi) is 4.33. The van der Waals surface area contributed by atoms with Crippen molar-refractivity contribution in [1.29, 1.82) is 5.26 Å². The molecule has 10 heteroatoms. The van der Waals surface area contributed by atoms with Gasteiger partial charge in [-0.1, -0.05) is 0 Å². The van der Waals surface area contributed by atoms with E-state index in [1.165, 1.54) is 24.0 Å². The van der Waals surface area contributed by atoms with Gasteiger partial charge in [-0.05, 0) is 6.07 Å². The second-order valence-corrected chi connectivity index (χ2v) is 5.40. The molecule has 120 valence electrons. The number of benzene rings is 1. The monoisotopic (exact) mass is 388 g/mol. The van der Waals surface area contributed by atoms with Crippen molar-refractivity contribution in [2.75, 3.05) is 5.32 Å². The largest absolute Gasteiger partial charge is 0.504 e. The molecule has 2 aromatic rings. The maximum atomic E-state index is 14.3. The molecule has 0 aliphatic heterocycles. The molecule has 0 aliphatic carbocycles. The average molecular weight is 389 g/mol. The summed E-state index contributed by atoms with van der Waals surface area (Å²) in [7, 11) is 1.49. The van der Waals surface area contributed by atoms with Crippen LogP contribution in [0, 0.1) is 17.1 Å². The topological polar surface area (TPSA) is 90.9 Å². The number of halogens is 4. The fourth-order valence-electron chi connectivity index (χ4n) is 1.91. The van der Waals surface area contributed by atoms with E-state index < -0.39 is 33.6 Å². The lowest BCUT2D eigenvalue weighted by molar-refractivity contribution is -0.128. The Balaban J connectivity index is 2.60. The number of carbonyl (C=O) groups excluding carboxylic acids is 1. The van der Waals surface area contributed by atoms with Gasteiger partial charge in [-0.15, -0.1) is 0 Å². The van der Waals surface area contributed by atoms with Crippen LogP contribution in [0.15, 0.2) is 18.3 Å². The standard InChI is InChI=1S/C13H8BrF3N4O2/c1-21-9(2-3-19-21)10-6(5-18)11(22)8(4-7(10)15)20-12(23)13(14,16)17/h2-4,22H,1H3,(H,20,23). The van der Waals surface area contributed by atoms with Crippen LogP contribution in [0.1, 0.15) is 5.56 Å². The lowest BCUT2D eigenvalue weighted by atomic mass is 10.0. The normalized spacial score (nSPS) is 11.1. The van der Waals surface area contributed by atoms with E-state index in [-0.39, 0.29) is 11.3 Å². The zero-order chi connectivity index (χ0) is 17.4. The van der Waals surface area contributed by atoms with Gasteiger partial charge in [0.25, 0.3) is 0 Å². The smallest absolute Gasteiger partial charge is 0.378 e. The number of hydrogen-bond acceptors (Lipinski definition) is 4. The molecule has 0 saturated heterocycles. The summed E-state index contributed by atoms with van der Waals surface area (Å²) in [6, 6.07) is 3.65. The van der Waals surface area contributed by atoms with Crippen LogP contribution in [0.3, 0.4) is 0 Å². The van der Waals surface area contributed by atoms with E-state index >= 15 is 0 Å². The predicted octanol–water partition coefficient (Wildman–Crippen LogP) is 2.73. The van der Waals surface area contributed by atoms with Gasteiger partial charge in [0.2, 0.25) is 0 Å². The Labute approximate surface area is 136 Å². The van der Waals surface area contributed by atoms with Gasteiger partial charge < -0.3 is 10.4 Å². The number of alkyl halides is 3. The lowest BCUT2D eigenvalue weighted by Gasteiger charge is -2.14. The molecule has 1 heterocycles. The third kappa shape index (κ3) is 3.14. The minimum atomic E-state index is -3.91. The molecule has 0 atom stereocenters. The highest BCUT2D eigenvalue weighted by Crippen LogP contribution is 2.38. The Hall–Kier alpha value is -2.54. The molecule has 1 aromatic heterocycles. The van der Waals surface area contributed by atoms with Gasteiger partial charge in [-0.25, -0.2) is 4.39 Å². The van der Waals surface area contributed by atoms with Crippen LogP contribution >= 0.6 is 15.9 Å². The molecule has 23 heavy (non-hydrogen) atoms. The van der Waals surface area contributed by atoms with Gasteiger partial charge in [-0.3, -0.25) is 9.48 Å². The van der Waals surface area contributed by atoms with E-state index in [9.17, 15) is 23.1 Å². The number of nitrogens with one attached hydrogen (secondary N) is 1. The Morgan fingerprint density at radius 2 is 2.22 bits per heavy atom. The van der Waals surface area contributed by atoms with Crippen LogP contribution in [0.2, 0.25) is 0 Å². The molecule has 2 N–H and O–H groups in total. The maximum absolute atomic E-state index is 14.3. The zero-order valence-corrected chi connectivity index (χ0v) is 13.0. The highest BCUT2D eigenvalue weighted by Gasteiger charge is 2.36. The Morgan fingerprint density at radius 3 is 2.70 bits per heavy atom. The van der Waals surface area contributed by atoms with Crippen molar-refractivity contribution < 1.29 is 23.1 Å². The second-order valence-electron chi connectivity index (χ2n) is 4.41. The molecule has 0 unspecified atom stereocenters. The van der Waals surface area contributed by atoms with Gasteiger partial charge in [0, 0.05) is 35.2 Å². The molecule has 6 nitrogen and oxygen atoms in total. The van der Waals surface area contributed by atoms with Crippen LogP contribution in [0.25, 0.3) is 11.3 Å². The van der Waals surface area contributed by atoms with E-state index in [0.29, 0.717) is 6.07 Å². The Bertz CT molecular complexity index is 824. The van der Waals surface area contributed by atoms with Crippen molar-refractivity contribution in [2.45, 2.75) is 4.83 Å². The van der Waals surface area contributed by atoms with E-state index in [2.05, 4.69) is 5.10 Å². The lowest BCUT2D eigenvalue weighted by Crippen LogP contribution is -2.28. The van der Waals surface area contributed by atoms with Crippen molar-refractivity contribution in [3.8, 4) is 23.1 Å². The Morgan fingerprint density at radius 1 is 1.57 bits per heavy atom. The molecule has 1 amide bonds. The summed E-state index contributed by atoms with van der Waals surface area (Å²) in [5.41, 5.74) is -1.22. The van der Waals surface area contributed by atoms with Gasteiger partial charge in [0.15, 0.2) is 5.75 Å². The van der Waals surface area contributed by atoms with Crippen LogP contribution < -0.4 is 5.32 Å². The number of carbonyl (C=O) groups is 1. The average Bonchev–Trinajstić information content (AvgIpc) is 2.86. The molecule has 1 aromatic carbocycles. The van der Waals surface area contributed by atoms with Gasteiger partial charge in [0.05, 0.1) is 16.9 Å². The minimum absolute atomic E-state index is 0.193. The molecular weight excluding hydrogens is 381 g/mol. The van der Waals surface area contributed by atoms with E-state index in [4.69, 9.17) is 5.26 Å². The SMILES string of the molecule is Cn1nccc1-c1c(F)cc(NC(=O)C(F)(F)Br)c(O)c1C#N. The molecule has 0 fully saturated rings. The molecule has 0 bridgehead atoms. The number of phenols is 1. The number of rotatable bonds is 3. The first-order valence-corrected chi connectivity index (χ1v) is 6.78. The van der Waals surface area contributed by atoms with E-state index in [1.54, 1.807) is 11.4 Å². The van der Waals surface area contributed by atoms with Crippen LogP contribution in [-0.4, -0.2) is 25.6 Å². The fourth-order valence-corrected chi connectivity index (χ4v) is 2.01. The minimum Gasteiger partial charge on any atom is -0.504 e. The van der Waals surface area contributed by atoms with Crippen molar-refractivity contribution in [3.05, 3.63) is 29.7 Å². The number of anilines is 1. The van der Waals surface area contributed by atoms with Crippen LogP contribution in [0.4, 0.5) is 18.9 Å². The fraction of sp³-hybridized carbons (Fsp3) is 0.154. The first-order valence-electron chi connectivity index (χ1n) is 5.99. The maximum Gasteiger partial charge on any atom is 0.378 e. The van der Waals surface area contributed by atoms with Crippen molar-refractivity contribution in [1.82, 2.24) is 9.78 Å². The summed E-state index contributed by atoms with van der Waals surface area (Å²) in [5, 5.41) is 24.6. The molecule has 0 radical (unpaired) electrons. The number of amides is 1. The van der Waals surface area contributed by atoms with E-state index in [1.807, 2.05) is 15.9 Å². The van der Waals surface area contributed by atoms with Gasteiger partial charge in [-0.2, -0.15) is 19.1 Å². The van der Waals surface area contributed by atoms with Crippen molar-refractivity contribution in [3.63, 3.8) is 0 Å². The highest BCUT2D eigenvalue weighted by molar-refractivity contribution is 9.10. The number of aromatic hydroxyl groups is 1. The number of phenolic OH excluding ortho intramolecular Hbond substituents is 1. The molecule has 0 aliphatic rings. The van der Waals surface area contributed by atoms with Gasteiger partial charge >= 0.3 is 10.7 Å². The molecule has 0 saturated carbocycles. The summed E-state index contributed by atoms with van der Waals surface area (Å²) >= 11 is 1.84. The first-order chi connectivity index (χ1) is 10.7.